The van der Waals surface area contributed by atoms with Crippen molar-refractivity contribution in [3.05, 3.63) is 34.9 Å². The Morgan fingerprint density at radius 1 is 1.56 bits per heavy atom. The molecule has 5 heteroatoms. The largest absolute Gasteiger partial charge is 0.337 e. The van der Waals surface area contributed by atoms with Crippen LogP contribution in [0.3, 0.4) is 0 Å². The second-order valence-corrected chi connectivity index (χ2v) is 6.25. The predicted octanol–water partition coefficient (Wildman–Crippen LogP) is 2.72. The number of carbonyl (C=O) groups is 2. The molecule has 3 nitrogen and oxygen atoms in total. The lowest BCUT2D eigenvalue weighted by molar-refractivity contribution is -0.128. The standard InChI is InChI=1S/C13H14ClNO2S/c1-9(16)18-12-6-13(17)15(8-12)7-10-3-2-4-11(14)5-10/h2-5,12H,6-8H2,1H3. The van der Waals surface area contributed by atoms with Crippen molar-refractivity contribution in [1.29, 1.82) is 0 Å². The summed E-state index contributed by atoms with van der Waals surface area (Å²) in [6.07, 6.45) is 0.449. The van der Waals surface area contributed by atoms with Crippen molar-refractivity contribution in [1.82, 2.24) is 4.90 Å². The van der Waals surface area contributed by atoms with E-state index in [9.17, 15) is 9.59 Å². The first-order valence-electron chi connectivity index (χ1n) is 5.74. The molecule has 0 saturated carbocycles. The molecule has 0 N–H and O–H groups in total. The fourth-order valence-electron chi connectivity index (χ4n) is 2.06. The molecule has 0 bridgehead atoms. The predicted molar refractivity (Wildman–Crippen MR) is 73.5 cm³/mol. The van der Waals surface area contributed by atoms with Crippen LogP contribution in [0, 0.1) is 0 Å². The number of nitrogens with zero attached hydrogens (tertiary/aromatic N) is 1. The summed E-state index contributed by atoms with van der Waals surface area (Å²) >= 11 is 7.17. The molecule has 0 aliphatic carbocycles. The Kier molecular flexibility index (Phi) is 4.30. The average Bonchev–Trinajstić information content (AvgIpc) is 2.58. The highest BCUT2D eigenvalue weighted by atomic mass is 35.5. The fourth-order valence-corrected chi connectivity index (χ4v) is 3.22. The van der Waals surface area contributed by atoms with Gasteiger partial charge >= 0.3 is 0 Å². The number of hydrogen-bond donors (Lipinski definition) is 0. The van der Waals surface area contributed by atoms with Crippen molar-refractivity contribution >= 4 is 34.4 Å². The molecule has 1 aromatic carbocycles. The van der Waals surface area contributed by atoms with Crippen molar-refractivity contribution < 1.29 is 9.59 Å². The van der Waals surface area contributed by atoms with Gasteiger partial charge in [0.25, 0.3) is 0 Å². The Balaban J connectivity index is 1.98. The zero-order chi connectivity index (χ0) is 13.1. The van der Waals surface area contributed by atoms with E-state index in [1.165, 1.54) is 18.7 Å². The smallest absolute Gasteiger partial charge is 0.224 e. The van der Waals surface area contributed by atoms with Crippen molar-refractivity contribution in [3.63, 3.8) is 0 Å². The number of likely N-dealkylation sites (tertiary alicyclic amines) is 1. The Morgan fingerprint density at radius 2 is 2.33 bits per heavy atom. The molecule has 96 valence electrons. The summed E-state index contributed by atoms with van der Waals surface area (Å²) < 4.78 is 0. The maximum absolute atomic E-state index is 11.8. The molecule has 1 aliphatic rings. The Labute approximate surface area is 115 Å². The van der Waals surface area contributed by atoms with Crippen LogP contribution in [0.15, 0.2) is 24.3 Å². The highest BCUT2D eigenvalue weighted by Gasteiger charge is 2.30. The van der Waals surface area contributed by atoms with Gasteiger partial charge in [0, 0.05) is 36.7 Å². The van der Waals surface area contributed by atoms with E-state index in [-0.39, 0.29) is 16.3 Å². The lowest BCUT2D eigenvalue weighted by atomic mass is 10.2. The molecule has 0 radical (unpaired) electrons. The van der Waals surface area contributed by atoms with Gasteiger partial charge < -0.3 is 4.90 Å². The summed E-state index contributed by atoms with van der Waals surface area (Å²) in [4.78, 5) is 24.6. The van der Waals surface area contributed by atoms with Crippen molar-refractivity contribution in [2.75, 3.05) is 6.54 Å². The minimum Gasteiger partial charge on any atom is -0.337 e. The van der Waals surface area contributed by atoms with E-state index < -0.39 is 0 Å². The Hall–Kier alpha value is -1.00. The highest BCUT2D eigenvalue weighted by Crippen LogP contribution is 2.25. The van der Waals surface area contributed by atoms with Gasteiger partial charge in [0.05, 0.1) is 0 Å². The van der Waals surface area contributed by atoms with Gasteiger partial charge in [0.2, 0.25) is 5.91 Å². The van der Waals surface area contributed by atoms with E-state index in [2.05, 4.69) is 0 Å². The van der Waals surface area contributed by atoms with Crippen molar-refractivity contribution in [2.45, 2.75) is 25.1 Å². The lowest BCUT2D eigenvalue weighted by Gasteiger charge is -2.16. The van der Waals surface area contributed by atoms with Crippen LogP contribution in [0.25, 0.3) is 0 Å². The van der Waals surface area contributed by atoms with Crippen LogP contribution in [0.2, 0.25) is 5.02 Å². The van der Waals surface area contributed by atoms with E-state index in [0.717, 1.165) is 5.56 Å². The zero-order valence-electron chi connectivity index (χ0n) is 10.1. The molecule has 1 unspecified atom stereocenters. The summed E-state index contributed by atoms with van der Waals surface area (Å²) in [6.45, 7) is 2.73. The van der Waals surface area contributed by atoms with Gasteiger partial charge in [-0.15, -0.1) is 0 Å². The van der Waals surface area contributed by atoms with Gasteiger partial charge in [0.1, 0.15) is 0 Å². The minimum absolute atomic E-state index is 0.0670. The van der Waals surface area contributed by atoms with Crippen molar-refractivity contribution in [3.8, 4) is 0 Å². The maximum atomic E-state index is 11.8. The summed E-state index contributed by atoms with van der Waals surface area (Å²) in [5.41, 5.74) is 1.02. The number of benzene rings is 1. The maximum Gasteiger partial charge on any atom is 0.224 e. The molecule has 1 aliphatic heterocycles. The molecule has 1 atom stereocenters. The third-order valence-electron chi connectivity index (χ3n) is 2.77. The van der Waals surface area contributed by atoms with Crippen LogP contribution in [0.4, 0.5) is 0 Å². The Morgan fingerprint density at radius 3 is 3.00 bits per heavy atom. The zero-order valence-corrected chi connectivity index (χ0v) is 11.6. The van der Waals surface area contributed by atoms with Crippen LogP contribution in [-0.2, 0) is 16.1 Å². The molecule has 0 aromatic heterocycles. The van der Waals surface area contributed by atoms with E-state index >= 15 is 0 Å². The molecule has 2 rings (SSSR count). The molecular formula is C13H14ClNO2S. The third kappa shape index (κ3) is 3.50. The molecule has 1 fully saturated rings. The summed E-state index contributed by atoms with van der Waals surface area (Å²) in [5, 5.41) is 0.834. The van der Waals surface area contributed by atoms with E-state index in [0.29, 0.717) is 24.5 Å². The third-order valence-corrected chi connectivity index (χ3v) is 3.99. The first kappa shape index (κ1) is 13.4. The molecular weight excluding hydrogens is 270 g/mol. The second-order valence-electron chi connectivity index (χ2n) is 4.34. The van der Waals surface area contributed by atoms with Gasteiger partial charge in [-0.05, 0) is 17.7 Å². The summed E-state index contributed by atoms with van der Waals surface area (Å²) in [7, 11) is 0. The van der Waals surface area contributed by atoms with Gasteiger partial charge in [-0.2, -0.15) is 0 Å². The number of rotatable bonds is 3. The SMILES string of the molecule is CC(=O)SC1CC(=O)N(Cc2cccc(Cl)c2)C1. The van der Waals surface area contributed by atoms with Crippen molar-refractivity contribution in [2.24, 2.45) is 0 Å². The monoisotopic (exact) mass is 283 g/mol. The van der Waals surface area contributed by atoms with Crippen LogP contribution < -0.4 is 0 Å². The van der Waals surface area contributed by atoms with E-state index in [4.69, 9.17) is 11.6 Å². The first-order chi connectivity index (χ1) is 8.54. The molecule has 1 aromatic rings. The molecule has 0 spiro atoms. The molecule has 18 heavy (non-hydrogen) atoms. The van der Waals surface area contributed by atoms with Gasteiger partial charge in [-0.3, -0.25) is 9.59 Å². The first-order valence-corrected chi connectivity index (χ1v) is 7.00. The quantitative estimate of drug-likeness (QED) is 0.856. The number of halogens is 1. The highest BCUT2D eigenvalue weighted by molar-refractivity contribution is 8.14. The normalized spacial score (nSPS) is 19.3. The molecule has 1 saturated heterocycles. The Bertz CT molecular complexity index is 478. The second kappa shape index (κ2) is 5.76. The number of hydrogen-bond acceptors (Lipinski definition) is 3. The van der Waals surface area contributed by atoms with Gasteiger partial charge in [0.15, 0.2) is 5.12 Å². The number of amides is 1. The van der Waals surface area contributed by atoms with E-state index in [1.54, 1.807) is 4.90 Å². The van der Waals surface area contributed by atoms with Crippen LogP contribution in [0.1, 0.15) is 18.9 Å². The average molecular weight is 284 g/mol. The van der Waals surface area contributed by atoms with Crippen LogP contribution >= 0.6 is 23.4 Å². The minimum atomic E-state index is 0.0670. The van der Waals surface area contributed by atoms with E-state index in [1.807, 2.05) is 24.3 Å². The van der Waals surface area contributed by atoms with Gasteiger partial charge in [-0.1, -0.05) is 35.5 Å². The lowest BCUT2D eigenvalue weighted by Crippen LogP contribution is -2.24. The van der Waals surface area contributed by atoms with Gasteiger partial charge in [-0.25, -0.2) is 0 Å². The van der Waals surface area contributed by atoms with Crippen LogP contribution in [-0.4, -0.2) is 27.7 Å². The number of thioether (sulfide) groups is 1. The topological polar surface area (TPSA) is 37.4 Å². The molecule has 1 heterocycles. The number of carbonyl (C=O) groups excluding carboxylic acids is 2. The molecule has 1 amide bonds. The summed E-state index contributed by atoms with van der Waals surface area (Å²) in [6, 6.07) is 7.50. The summed E-state index contributed by atoms with van der Waals surface area (Å²) in [5.74, 6) is 0.105. The fraction of sp³-hybridized carbons (Fsp3) is 0.385. The van der Waals surface area contributed by atoms with Crippen LogP contribution in [0.5, 0.6) is 0 Å².